The summed E-state index contributed by atoms with van der Waals surface area (Å²) in [6, 6.07) is 0.236. The first-order valence-corrected chi connectivity index (χ1v) is 7.80. The van der Waals surface area contributed by atoms with Gasteiger partial charge in [0.05, 0.1) is 0 Å². The van der Waals surface area contributed by atoms with Crippen molar-refractivity contribution in [3.63, 3.8) is 0 Å². The highest BCUT2D eigenvalue weighted by Gasteiger charge is 2.44. The van der Waals surface area contributed by atoms with E-state index in [1.807, 2.05) is 0 Å². The molecule has 0 bridgehead atoms. The van der Waals surface area contributed by atoms with Gasteiger partial charge in [-0.05, 0) is 42.9 Å². The molecule has 3 heteroatoms. The van der Waals surface area contributed by atoms with Crippen LogP contribution in [-0.4, -0.2) is 18.5 Å². The van der Waals surface area contributed by atoms with Gasteiger partial charge in [-0.25, -0.2) is 0 Å². The van der Waals surface area contributed by atoms with Crippen LogP contribution in [0.15, 0.2) is 0 Å². The van der Waals surface area contributed by atoms with Gasteiger partial charge >= 0.3 is 0 Å². The van der Waals surface area contributed by atoms with Gasteiger partial charge in [-0.3, -0.25) is 4.79 Å². The highest BCUT2D eigenvalue weighted by Crippen LogP contribution is 2.44. The maximum atomic E-state index is 12.4. The Kier molecular flexibility index (Phi) is 5.84. The van der Waals surface area contributed by atoms with Crippen LogP contribution >= 0.6 is 0 Å². The van der Waals surface area contributed by atoms with Gasteiger partial charge in [0, 0.05) is 18.5 Å². The SMILES string of the molecule is CC(C)CCCNC(=O)C1CCC(N)C(C)C1(C)C. The summed E-state index contributed by atoms with van der Waals surface area (Å²) in [4.78, 5) is 12.4. The number of carbonyl (C=O) groups is 1. The minimum absolute atomic E-state index is 0.000200. The van der Waals surface area contributed by atoms with E-state index in [2.05, 4.69) is 39.9 Å². The van der Waals surface area contributed by atoms with Crippen molar-refractivity contribution in [1.29, 1.82) is 0 Å². The Morgan fingerprint density at radius 3 is 2.58 bits per heavy atom. The van der Waals surface area contributed by atoms with E-state index >= 15 is 0 Å². The van der Waals surface area contributed by atoms with Gasteiger partial charge in [-0.2, -0.15) is 0 Å². The predicted molar refractivity (Wildman–Crippen MR) is 80.7 cm³/mol. The first-order valence-electron chi connectivity index (χ1n) is 7.80. The molecule has 1 aliphatic carbocycles. The van der Waals surface area contributed by atoms with Gasteiger partial charge in [-0.1, -0.05) is 34.6 Å². The first kappa shape index (κ1) is 16.5. The summed E-state index contributed by atoms with van der Waals surface area (Å²) >= 11 is 0. The molecule has 3 unspecified atom stereocenters. The molecule has 1 fully saturated rings. The molecule has 112 valence electrons. The van der Waals surface area contributed by atoms with Crippen LogP contribution in [0.3, 0.4) is 0 Å². The summed E-state index contributed by atoms with van der Waals surface area (Å²) in [5, 5.41) is 3.12. The zero-order valence-electron chi connectivity index (χ0n) is 13.3. The average Bonchev–Trinajstić information content (AvgIpc) is 2.31. The molecule has 3 atom stereocenters. The van der Waals surface area contributed by atoms with E-state index in [0.29, 0.717) is 11.8 Å². The van der Waals surface area contributed by atoms with Crippen molar-refractivity contribution in [2.24, 2.45) is 28.9 Å². The zero-order chi connectivity index (χ0) is 14.6. The summed E-state index contributed by atoms with van der Waals surface area (Å²) in [6.07, 6.45) is 4.14. The molecule has 0 aromatic carbocycles. The van der Waals surface area contributed by atoms with Crippen molar-refractivity contribution in [2.75, 3.05) is 6.54 Å². The van der Waals surface area contributed by atoms with Crippen LogP contribution in [0.4, 0.5) is 0 Å². The zero-order valence-corrected chi connectivity index (χ0v) is 13.3. The third-order valence-electron chi connectivity index (χ3n) is 5.08. The topological polar surface area (TPSA) is 55.1 Å². The van der Waals surface area contributed by atoms with Crippen LogP contribution in [0.1, 0.15) is 60.3 Å². The maximum Gasteiger partial charge on any atom is 0.223 e. The number of hydrogen-bond acceptors (Lipinski definition) is 2. The van der Waals surface area contributed by atoms with Crippen LogP contribution in [0, 0.1) is 23.2 Å². The quantitative estimate of drug-likeness (QED) is 0.753. The summed E-state index contributed by atoms with van der Waals surface area (Å²) in [6.45, 7) is 11.8. The number of nitrogens with two attached hydrogens (primary N) is 1. The third kappa shape index (κ3) is 4.20. The molecule has 0 radical (unpaired) electrons. The molecule has 3 nitrogen and oxygen atoms in total. The number of nitrogens with one attached hydrogen (secondary N) is 1. The van der Waals surface area contributed by atoms with E-state index in [1.54, 1.807) is 0 Å². The molecule has 0 aromatic rings. The van der Waals surface area contributed by atoms with Crippen LogP contribution < -0.4 is 11.1 Å². The van der Waals surface area contributed by atoms with Gasteiger partial charge < -0.3 is 11.1 Å². The fourth-order valence-corrected chi connectivity index (χ4v) is 3.16. The minimum atomic E-state index is -0.000200. The van der Waals surface area contributed by atoms with Crippen LogP contribution in [0.25, 0.3) is 0 Å². The third-order valence-corrected chi connectivity index (χ3v) is 5.08. The van der Waals surface area contributed by atoms with Crippen molar-refractivity contribution < 1.29 is 4.79 Å². The van der Waals surface area contributed by atoms with Crippen molar-refractivity contribution in [2.45, 2.75) is 66.3 Å². The lowest BCUT2D eigenvalue weighted by Gasteiger charge is -2.46. The Labute approximate surface area is 118 Å². The number of hydrogen-bond donors (Lipinski definition) is 2. The molecule has 3 N–H and O–H groups in total. The monoisotopic (exact) mass is 268 g/mol. The Balaban J connectivity index is 2.47. The number of rotatable bonds is 5. The molecular formula is C16H32N2O. The highest BCUT2D eigenvalue weighted by atomic mass is 16.1. The van der Waals surface area contributed by atoms with E-state index in [1.165, 1.54) is 6.42 Å². The lowest BCUT2D eigenvalue weighted by atomic mass is 9.61. The largest absolute Gasteiger partial charge is 0.356 e. The minimum Gasteiger partial charge on any atom is -0.356 e. The van der Waals surface area contributed by atoms with Gasteiger partial charge in [0.15, 0.2) is 0 Å². The second kappa shape index (κ2) is 6.74. The van der Waals surface area contributed by atoms with E-state index in [4.69, 9.17) is 5.73 Å². The van der Waals surface area contributed by atoms with Crippen molar-refractivity contribution in [1.82, 2.24) is 5.32 Å². The van der Waals surface area contributed by atoms with Gasteiger partial charge in [0.2, 0.25) is 5.91 Å². The van der Waals surface area contributed by atoms with Crippen LogP contribution in [0.5, 0.6) is 0 Å². The first-order chi connectivity index (χ1) is 8.76. The lowest BCUT2D eigenvalue weighted by molar-refractivity contribution is -0.132. The molecule has 0 spiro atoms. The maximum absolute atomic E-state index is 12.4. The second-order valence-electron chi connectivity index (χ2n) is 7.23. The Morgan fingerprint density at radius 1 is 1.37 bits per heavy atom. The van der Waals surface area contributed by atoms with Gasteiger partial charge in [0.1, 0.15) is 0 Å². The molecule has 1 saturated carbocycles. The molecule has 0 heterocycles. The molecule has 1 aliphatic rings. The van der Waals surface area contributed by atoms with Gasteiger partial charge in [-0.15, -0.1) is 0 Å². The van der Waals surface area contributed by atoms with Crippen LogP contribution in [0.2, 0.25) is 0 Å². The smallest absolute Gasteiger partial charge is 0.223 e. The van der Waals surface area contributed by atoms with E-state index < -0.39 is 0 Å². The molecule has 0 saturated heterocycles. The average molecular weight is 268 g/mol. The van der Waals surface area contributed by atoms with Crippen molar-refractivity contribution in [3.05, 3.63) is 0 Å². The van der Waals surface area contributed by atoms with Crippen LogP contribution in [-0.2, 0) is 4.79 Å². The Bertz CT molecular complexity index is 299. The summed E-state index contributed by atoms with van der Waals surface area (Å²) in [7, 11) is 0. The number of amides is 1. The molecule has 1 amide bonds. The molecule has 1 rings (SSSR count). The fraction of sp³-hybridized carbons (Fsp3) is 0.938. The predicted octanol–water partition coefficient (Wildman–Crippen LogP) is 2.94. The van der Waals surface area contributed by atoms with E-state index in [-0.39, 0.29) is 23.3 Å². The lowest BCUT2D eigenvalue weighted by Crippen LogP contribution is -2.51. The number of carbonyl (C=O) groups excluding carboxylic acids is 1. The van der Waals surface area contributed by atoms with Crippen molar-refractivity contribution in [3.8, 4) is 0 Å². The second-order valence-corrected chi connectivity index (χ2v) is 7.23. The molecule has 0 aliphatic heterocycles. The van der Waals surface area contributed by atoms with Crippen molar-refractivity contribution >= 4 is 5.91 Å². The standard InChI is InChI=1S/C16H32N2O/c1-11(2)7-6-10-18-15(19)13-8-9-14(17)12(3)16(13,4)5/h11-14H,6-10,17H2,1-5H3,(H,18,19). The summed E-state index contributed by atoms with van der Waals surface area (Å²) < 4.78 is 0. The molecule has 19 heavy (non-hydrogen) atoms. The summed E-state index contributed by atoms with van der Waals surface area (Å²) in [5.41, 5.74) is 6.14. The Morgan fingerprint density at radius 2 is 2.00 bits per heavy atom. The van der Waals surface area contributed by atoms with E-state index in [0.717, 1.165) is 25.8 Å². The Hall–Kier alpha value is -0.570. The molecular weight excluding hydrogens is 236 g/mol. The highest BCUT2D eigenvalue weighted by molar-refractivity contribution is 5.79. The molecule has 0 aromatic heterocycles. The normalized spacial score (nSPS) is 30.4. The van der Waals surface area contributed by atoms with E-state index in [9.17, 15) is 4.79 Å². The fourth-order valence-electron chi connectivity index (χ4n) is 3.16. The summed E-state index contributed by atoms with van der Waals surface area (Å²) in [5.74, 6) is 1.45. The van der Waals surface area contributed by atoms with Gasteiger partial charge in [0.25, 0.3) is 0 Å².